The molecule has 0 spiro atoms. The molecule has 5 aromatic rings. The highest BCUT2D eigenvalue weighted by Gasteiger charge is 2.29. The van der Waals surface area contributed by atoms with E-state index >= 15 is 0 Å². The topological polar surface area (TPSA) is 111 Å². The fourth-order valence-electron chi connectivity index (χ4n) is 4.95. The predicted octanol–water partition coefficient (Wildman–Crippen LogP) is 5.81. The minimum atomic E-state index is -4.27. The molecule has 0 amide bonds. The maximum absolute atomic E-state index is 12.9. The highest BCUT2D eigenvalue weighted by molar-refractivity contribution is 7.18. The first kappa shape index (κ1) is 28.5. The molecule has 0 radical (unpaired) electrons. The number of aromatic nitrogens is 6. The lowest BCUT2D eigenvalue weighted by Gasteiger charge is -2.23. The van der Waals surface area contributed by atoms with Crippen LogP contribution < -0.4 is 5.32 Å². The number of anilines is 1. The summed E-state index contributed by atoms with van der Waals surface area (Å²) < 4.78 is 40.7. The summed E-state index contributed by atoms with van der Waals surface area (Å²) in [5.41, 5.74) is 4.44. The molecule has 9 nitrogen and oxygen atoms in total. The number of fused-ring (bicyclic) bond motifs is 2. The molecule has 0 bridgehead atoms. The van der Waals surface area contributed by atoms with Gasteiger partial charge in [0.15, 0.2) is 0 Å². The van der Waals surface area contributed by atoms with Crippen molar-refractivity contribution in [1.82, 2.24) is 34.6 Å². The van der Waals surface area contributed by atoms with Crippen molar-refractivity contribution in [3.63, 3.8) is 0 Å². The second kappa shape index (κ2) is 11.8. The Labute approximate surface area is 239 Å². The number of hydrogen-bond donors (Lipinski definition) is 2. The molecule has 13 heteroatoms. The number of hydrogen-bond acceptors (Lipinski definition) is 8. The second-order valence-corrected chi connectivity index (χ2v) is 11.3. The van der Waals surface area contributed by atoms with Gasteiger partial charge in [0.2, 0.25) is 0 Å². The van der Waals surface area contributed by atoms with Crippen LogP contribution in [0.2, 0.25) is 0 Å². The molecule has 5 rings (SSSR count). The van der Waals surface area contributed by atoms with Gasteiger partial charge < -0.3 is 14.8 Å². The number of pyridine rings is 1. The molecule has 0 fully saturated rings. The zero-order chi connectivity index (χ0) is 29.1. The lowest BCUT2D eigenvalue weighted by molar-refractivity contribution is -0.126. The second-order valence-electron chi connectivity index (χ2n) is 10.2. The average Bonchev–Trinajstić information content (AvgIpc) is 3.67. The van der Waals surface area contributed by atoms with Crippen LogP contribution in [0, 0.1) is 18.3 Å². The van der Waals surface area contributed by atoms with E-state index in [1.807, 2.05) is 37.0 Å². The van der Waals surface area contributed by atoms with Crippen LogP contribution in [0.15, 0.2) is 37.1 Å². The van der Waals surface area contributed by atoms with Crippen LogP contribution in [0.1, 0.15) is 47.2 Å². The molecule has 0 aliphatic rings. The molecule has 0 saturated carbocycles. The van der Waals surface area contributed by atoms with Crippen molar-refractivity contribution in [2.45, 2.75) is 58.4 Å². The van der Waals surface area contributed by atoms with Gasteiger partial charge >= 0.3 is 6.18 Å². The molecule has 0 aromatic carbocycles. The Morgan fingerprint density at radius 3 is 2.73 bits per heavy atom. The fraction of sp³-hybridized carbons (Fsp3) is 0.393. The maximum atomic E-state index is 12.9. The lowest BCUT2D eigenvalue weighted by Crippen LogP contribution is -2.28. The first-order valence-electron chi connectivity index (χ1n) is 13.3. The summed E-state index contributed by atoms with van der Waals surface area (Å²) in [6.45, 7) is 6.04. The Hall–Kier alpha value is -4.02. The molecule has 5 aromatic heterocycles. The Kier molecular flexibility index (Phi) is 8.23. The van der Waals surface area contributed by atoms with Crippen LogP contribution in [0.25, 0.3) is 21.1 Å². The molecule has 1 unspecified atom stereocenters. The number of nitrogens with one attached hydrogen (secondary N) is 2. The standard InChI is InChI=1S/C28H30F3N9S/c1-4-19(38-26-23-8-21(9-28(29,30)31)41-27(23)35-16-34-26)5-6-39(3)15-24-17(2)22-7-20(10-32)40(25(22)13-33-24)14-18-11-36-37-12-18/h7-8,11-13,16,19H,4-6,9,14-15H2,1-3H3,(H,36,37)(H,34,35,38). The van der Waals surface area contributed by atoms with E-state index in [9.17, 15) is 18.4 Å². The van der Waals surface area contributed by atoms with E-state index in [0.29, 0.717) is 34.8 Å². The third kappa shape index (κ3) is 6.49. The van der Waals surface area contributed by atoms with E-state index in [0.717, 1.165) is 58.4 Å². The molecule has 1 atom stereocenters. The molecule has 0 aliphatic carbocycles. The summed E-state index contributed by atoms with van der Waals surface area (Å²) >= 11 is 1.05. The summed E-state index contributed by atoms with van der Waals surface area (Å²) in [4.78, 5) is 16.2. The number of aromatic amines is 1. The Bertz CT molecular complexity index is 1680. The van der Waals surface area contributed by atoms with Crippen LogP contribution in [0.4, 0.5) is 19.0 Å². The largest absolute Gasteiger partial charge is 0.393 e. The van der Waals surface area contributed by atoms with Gasteiger partial charge in [-0.05, 0) is 44.5 Å². The summed E-state index contributed by atoms with van der Waals surface area (Å²) in [5, 5.41) is 21.6. The third-order valence-corrected chi connectivity index (χ3v) is 8.24. The van der Waals surface area contributed by atoms with Gasteiger partial charge in [0.1, 0.15) is 28.7 Å². The molecule has 41 heavy (non-hydrogen) atoms. The molecular formula is C28H30F3N9S. The smallest absolute Gasteiger partial charge is 0.367 e. The molecule has 2 N–H and O–H groups in total. The quantitative estimate of drug-likeness (QED) is 0.203. The number of H-pyrrole nitrogens is 1. The highest BCUT2D eigenvalue weighted by Crippen LogP contribution is 2.33. The van der Waals surface area contributed by atoms with Crippen molar-refractivity contribution in [3.8, 4) is 6.07 Å². The van der Waals surface area contributed by atoms with E-state index < -0.39 is 12.6 Å². The number of alkyl halides is 3. The first-order chi connectivity index (χ1) is 19.6. The van der Waals surface area contributed by atoms with Crippen LogP contribution in [-0.2, 0) is 19.5 Å². The van der Waals surface area contributed by atoms with Gasteiger partial charge in [-0.2, -0.15) is 23.5 Å². The zero-order valence-electron chi connectivity index (χ0n) is 23.0. The average molecular weight is 582 g/mol. The first-order valence-corrected chi connectivity index (χ1v) is 14.1. The minimum absolute atomic E-state index is 0.0770. The van der Waals surface area contributed by atoms with Crippen molar-refractivity contribution in [3.05, 3.63) is 64.4 Å². The van der Waals surface area contributed by atoms with Gasteiger partial charge in [-0.25, -0.2) is 9.97 Å². The monoisotopic (exact) mass is 581 g/mol. The fourth-order valence-corrected chi connectivity index (χ4v) is 5.98. The van der Waals surface area contributed by atoms with Gasteiger partial charge in [-0.15, -0.1) is 11.3 Å². The van der Waals surface area contributed by atoms with Gasteiger partial charge in [0.25, 0.3) is 0 Å². The molecule has 0 saturated heterocycles. The number of nitrogens with zero attached hydrogens (tertiary/aromatic N) is 7. The van der Waals surface area contributed by atoms with Crippen molar-refractivity contribution in [2.75, 3.05) is 18.9 Å². The molecular weight excluding hydrogens is 551 g/mol. The van der Waals surface area contributed by atoms with Crippen molar-refractivity contribution in [1.29, 1.82) is 5.26 Å². The number of halogens is 3. The lowest BCUT2D eigenvalue weighted by atomic mass is 10.1. The van der Waals surface area contributed by atoms with Crippen LogP contribution in [0.3, 0.4) is 0 Å². The summed E-state index contributed by atoms with van der Waals surface area (Å²) in [6.07, 6.45) is 3.17. The van der Waals surface area contributed by atoms with Crippen LogP contribution in [-0.4, -0.2) is 60.4 Å². The highest BCUT2D eigenvalue weighted by atomic mass is 32.1. The Balaban J connectivity index is 1.25. The number of rotatable bonds is 11. The van der Waals surface area contributed by atoms with Crippen LogP contribution >= 0.6 is 11.3 Å². The van der Waals surface area contributed by atoms with Crippen molar-refractivity contribution in [2.24, 2.45) is 0 Å². The number of aryl methyl sites for hydroxylation is 1. The van der Waals surface area contributed by atoms with E-state index in [1.54, 1.807) is 12.3 Å². The summed E-state index contributed by atoms with van der Waals surface area (Å²) in [7, 11) is 2.04. The Morgan fingerprint density at radius 1 is 1.20 bits per heavy atom. The maximum Gasteiger partial charge on any atom is 0.393 e. The SMILES string of the molecule is CCC(CCN(C)Cc1ncc2c(cc(C#N)n2Cc2cn[nH]c2)c1C)Nc1ncnc2sc(CC(F)(F)F)cc12. The number of nitriles is 1. The van der Waals surface area contributed by atoms with Gasteiger partial charge in [-0.1, -0.05) is 6.92 Å². The van der Waals surface area contributed by atoms with Crippen molar-refractivity contribution < 1.29 is 13.2 Å². The normalized spacial score (nSPS) is 12.8. The predicted molar refractivity (Wildman–Crippen MR) is 153 cm³/mol. The van der Waals surface area contributed by atoms with Gasteiger partial charge in [0.05, 0.1) is 42.0 Å². The van der Waals surface area contributed by atoms with E-state index in [2.05, 4.69) is 43.4 Å². The van der Waals surface area contributed by atoms with E-state index in [-0.39, 0.29) is 10.9 Å². The minimum Gasteiger partial charge on any atom is -0.367 e. The summed E-state index contributed by atoms with van der Waals surface area (Å²) in [5.74, 6) is 0.561. The number of thiophene rings is 1. The Morgan fingerprint density at radius 2 is 2.02 bits per heavy atom. The van der Waals surface area contributed by atoms with Gasteiger partial charge in [0, 0.05) is 41.2 Å². The van der Waals surface area contributed by atoms with Crippen LogP contribution in [0.5, 0.6) is 0 Å². The molecule has 5 heterocycles. The van der Waals surface area contributed by atoms with Gasteiger partial charge in [-0.3, -0.25) is 10.1 Å². The zero-order valence-corrected chi connectivity index (χ0v) is 23.8. The van der Waals surface area contributed by atoms with E-state index in [1.165, 1.54) is 6.33 Å². The van der Waals surface area contributed by atoms with E-state index in [4.69, 9.17) is 4.98 Å². The molecule has 0 aliphatic heterocycles. The van der Waals surface area contributed by atoms with Crippen molar-refractivity contribution >= 4 is 38.3 Å². The summed E-state index contributed by atoms with van der Waals surface area (Å²) in [6, 6.07) is 5.83. The third-order valence-electron chi connectivity index (χ3n) is 7.20. The molecule has 214 valence electrons.